The van der Waals surface area contributed by atoms with E-state index >= 15 is 4.39 Å². The maximum Gasteiger partial charge on any atom is 0.573 e. The Morgan fingerprint density at radius 2 is 1.84 bits per heavy atom. The predicted octanol–water partition coefficient (Wildman–Crippen LogP) is 7.29. The molecule has 7 nitrogen and oxygen atoms in total. The van der Waals surface area contributed by atoms with Gasteiger partial charge in [-0.25, -0.2) is 4.39 Å². The lowest BCUT2D eigenvalue weighted by Crippen LogP contribution is -2.49. The molecular weight excluding hydrogens is 623 g/mol. The maximum atomic E-state index is 15.9. The largest absolute Gasteiger partial charge is 0.573 e. The molecule has 0 aromatic heterocycles. The van der Waals surface area contributed by atoms with Crippen LogP contribution in [-0.2, 0) is 15.0 Å². The third-order valence-corrected chi connectivity index (χ3v) is 8.34. The number of carbonyl (C=O) groups excluding carboxylic acids is 2. The fraction of sp³-hybridized carbons (Fsp3) is 0.323. The second-order valence-corrected chi connectivity index (χ2v) is 12.8. The standard InChI is InChI=1S/C31H26Cl2F4N4O3/c1-29(2,3)13-23-30(18-9-8-16(32)12-21(18)40-28(30)43)24(17-5-4-6-19(33)25(17)34)26(41-23)27(42)39-20-10-7-15(14-38)11-22(20)44-31(35,36)37/h4-12,23-24,26,41H,13H2,1-3H3,(H,39,42)(H,40,43)/t23-,24+,26+,30?/m0/s1. The first-order chi connectivity index (χ1) is 20.5. The molecule has 3 aromatic rings. The fourth-order valence-corrected chi connectivity index (χ4v) is 6.62. The van der Waals surface area contributed by atoms with Crippen LogP contribution in [0.4, 0.5) is 28.9 Å². The Balaban J connectivity index is 1.70. The summed E-state index contributed by atoms with van der Waals surface area (Å²) in [4.78, 5) is 28.3. The molecule has 0 bridgehead atoms. The molecule has 5 rings (SSSR count). The molecule has 13 heteroatoms. The van der Waals surface area contributed by atoms with Gasteiger partial charge in [0.15, 0.2) is 5.75 Å². The van der Waals surface area contributed by atoms with Crippen LogP contribution in [0.1, 0.15) is 49.8 Å². The first-order valence-electron chi connectivity index (χ1n) is 13.5. The maximum absolute atomic E-state index is 15.9. The molecule has 1 saturated heterocycles. The molecule has 1 unspecified atom stereocenters. The number of rotatable bonds is 5. The molecule has 2 heterocycles. The molecule has 1 fully saturated rings. The van der Waals surface area contributed by atoms with Crippen molar-refractivity contribution in [3.05, 3.63) is 87.2 Å². The molecule has 3 N–H and O–H groups in total. The van der Waals surface area contributed by atoms with Crippen LogP contribution in [0.5, 0.6) is 5.75 Å². The Kier molecular flexibility index (Phi) is 8.08. The van der Waals surface area contributed by atoms with Crippen LogP contribution in [0.15, 0.2) is 54.6 Å². The van der Waals surface area contributed by atoms with Crippen molar-refractivity contribution >= 4 is 46.4 Å². The lowest BCUT2D eigenvalue weighted by atomic mass is 9.62. The van der Waals surface area contributed by atoms with Crippen LogP contribution in [0, 0.1) is 22.6 Å². The topological polar surface area (TPSA) is 103 Å². The zero-order valence-corrected chi connectivity index (χ0v) is 25.1. The van der Waals surface area contributed by atoms with Crippen LogP contribution >= 0.6 is 23.2 Å². The first kappa shape index (κ1) is 31.6. The number of anilines is 2. The average Bonchev–Trinajstić information content (AvgIpc) is 3.39. The van der Waals surface area contributed by atoms with Crippen LogP contribution in [0.25, 0.3) is 0 Å². The number of fused-ring (bicyclic) bond motifs is 2. The normalized spacial score (nSPS) is 22.8. The van der Waals surface area contributed by atoms with Crippen LogP contribution in [-0.4, -0.2) is 30.3 Å². The predicted molar refractivity (Wildman–Crippen MR) is 157 cm³/mol. The number of nitrogens with one attached hydrogen (secondary N) is 3. The van der Waals surface area contributed by atoms with Gasteiger partial charge in [-0.2, -0.15) is 5.26 Å². The Morgan fingerprint density at radius 1 is 1.11 bits per heavy atom. The minimum Gasteiger partial charge on any atom is -0.404 e. The fourth-order valence-electron chi connectivity index (χ4n) is 6.27. The highest BCUT2D eigenvalue weighted by atomic mass is 35.5. The van der Waals surface area contributed by atoms with Gasteiger partial charge >= 0.3 is 6.36 Å². The number of nitriles is 1. The van der Waals surface area contributed by atoms with Gasteiger partial charge in [-0.3, -0.25) is 9.59 Å². The van der Waals surface area contributed by atoms with Gasteiger partial charge < -0.3 is 20.7 Å². The molecule has 4 atom stereocenters. The van der Waals surface area contributed by atoms with E-state index < -0.39 is 58.6 Å². The lowest BCUT2D eigenvalue weighted by Gasteiger charge is -2.37. The number of halogens is 6. The molecule has 0 saturated carbocycles. The number of hydrogen-bond donors (Lipinski definition) is 3. The molecule has 3 aromatic carbocycles. The molecule has 44 heavy (non-hydrogen) atoms. The van der Waals surface area contributed by atoms with Crippen LogP contribution in [0.3, 0.4) is 0 Å². The summed E-state index contributed by atoms with van der Waals surface area (Å²) in [6, 6.07) is 11.8. The van der Waals surface area contributed by atoms with Gasteiger partial charge in [-0.1, -0.05) is 62.2 Å². The summed E-state index contributed by atoms with van der Waals surface area (Å²) < 4.78 is 59.7. The number of benzene rings is 3. The third-order valence-electron chi connectivity index (χ3n) is 7.82. The second kappa shape index (κ2) is 11.3. The van der Waals surface area contributed by atoms with E-state index in [1.54, 1.807) is 24.3 Å². The minimum atomic E-state index is -5.12. The van der Waals surface area contributed by atoms with Gasteiger partial charge in [-0.05, 0) is 53.3 Å². The number of ether oxygens (including phenoxy) is 1. The molecule has 2 aliphatic heterocycles. The number of amides is 2. The third kappa shape index (κ3) is 5.70. The molecule has 230 valence electrons. The summed E-state index contributed by atoms with van der Waals surface area (Å²) in [5.41, 5.74) is -1.64. The van der Waals surface area contributed by atoms with E-state index in [1.165, 1.54) is 24.3 Å². The summed E-state index contributed by atoms with van der Waals surface area (Å²) in [6.45, 7) is 5.83. The highest BCUT2D eigenvalue weighted by Gasteiger charge is 2.66. The van der Waals surface area contributed by atoms with E-state index in [0.29, 0.717) is 22.7 Å². The summed E-state index contributed by atoms with van der Waals surface area (Å²) >= 11 is 12.4. The molecule has 0 aliphatic carbocycles. The minimum absolute atomic E-state index is 0.0360. The van der Waals surface area contributed by atoms with Crippen molar-refractivity contribution in [2.45, 2.75) is 57.0 Å². The molecule has 1 spiro atoms. The van der Waals surface area contributed by atoms with Gasteiger partial charge in [-0.15, -0.1) is 13.2 Å². The average molecular weight is 649 g/mol. The van der Waals surface area contributed by atoms with Gasteiger partial charge in [0.2, 0.25) is 11.8 Å². The number of alkyl halides is 3. The van der Waals surface area contributed by atoms with Gasteiger partial charge in [0.05, 0.1) is 28.4 Å². The lowest BCUT2D eigenvalue weighted by molar-refractivity contribution is -0.274. The van der Waals surface area contributed by atoms with Crippen molar-refractivity contribution in [3.63, 3.8) is 0 Å². The van der Waals surface area contributed by atoms with Crippen molar-refractivity contribution in [3.8, 4) is 11.8 Å². The van der Waals surface area contributed by atoms with Gasteiger partial charge in [0.1, 0.15) is 11.2 Å². The highest BCUT2D eigenvalue weighted by Crippen LogP contribution is 2.57. The Bertz CT molecular complexity index is 1700. The zero-order chi connectivity index (χ0) is 32.2. The number of hydrogen-bond acceptors (Lipinski definition) is 5. The summed E-state index contributed by atoms with van der Waals surface area (Å²) in [6.07, 6.45) is -4.79. The van der Waals surface area contributed by atoms with Crippen molar-refractivity contribution in [1.82, 2.24) is 5.32 Å². The summed E-state index contributed by atoms with van der Waals surface area (Å²) in [5.74, 6) is -4.24. The molecular formula is C31H26Cl2F4N4O3. The SMILES string of the molecule is CC(C)(C)C[C@@H]1N[C@@H](C(=O)Nc2ccc(C#N)cc2OC(F)(F)F)[C@@H](c2cccc(Cl)c2F)C12C(=O)Nc1cc(Cl)ccc12. The molecule has 2 amide bonds. The molecule has 2 aliphatic rings. The van der Waals surface area contributed by atoms with Crippen LogP contribution < -0.4 is 20.7 Å². The monoisotopic (exact) mass is 648 g/mol. The Hall–Kier alpha value is -3.85. The van der Waals surface area contributed by atoms with Gasteiger partial charge in [0.25, 0.3) is 0 Å². The van der Waals surface area contributed by atoms with E-state index in [2.05, 4.69) is 20.7 Å². The van der Waals surface area contributed by atoms with E-state index in [4.69, 9.17) is 23.2 Å². The summed E-state index contributed by atoms with van der Waals surface area (Å²) in [5, 5.41) is 17.9. The molecule has 0 radical (unpaired) electrons. The van der Waals surface area contributed by atoms with E-state index in [-0.39, 0.29) is 21.8 Å². The van der Waals surface area contributed by atoms with Crippen molar-refractivity contribution in [2.75, 3.05) is 10.6 Å². The van der Waals surface area contributed by atoms with Crippen molar-refractivity contribution in [1.29, 1.82) is 5.26 Å². The zero-order valence-electron chi connectivity index (χ0n) is 23.6. The van der Waals surface area contributed by atoms with Crippen molar-refractivity contribution in [2.24, 2.45) is 5.41 Å². The number of carbonyl (C=O) groups is 2. The Morgan fingerprint density at radius 3 is 2.50 bits per heavy atom. The Labute approximate surface area is 260 Å². The smallest absolute Gasteiger partial charge is 0.404 e. The van der Waals surface area contributed by atoms with Gasteiger partial charge in [0, 0.05) is 28.7 Å². The highest BCUT2D eigenvalue weighted by molar-refractivity contribution is 6.31. The second-order valence-electron chi connectivity index (χ2n) is 12.0. The van der Waals surface area contributed by atoms with Crippen molar-refractivity contribution < 1.29 is 31.9 Å². The quantitative estimate of drug-likeness (QED) is 0.252. The summed E-state index contributed by atoms with van der Waals surface area (Å²) in [7, 11) is 0. The van der Waals surface area contributed by atoms with Crippen LogP contribution in [0.2, 0.25) is 10.0 Å². The van der Waals surface area contributed by atoms with E-state index in [9.17, 15) is 28.0 Å². The van der Waals surface area contributed by atoms with E-state index in [1.807, 2.05) is 20.8 Å². The first-order valence-corrected chi connectivity index (χ1v) is 14.2. The van der Waals surface area contributed by atoms with E-state index in [0.717, 1.165) is 12.1 Å². The number of nitrogens with zero attached hydrogens (tertiary/aromatic N) is 1.